The highest BCUT2D eigenvalue weighted by atomic mass is 16.5. The normalized spacial score (nSPS) is 12.5. The summed E-state index contributed by atoms with van der Waals surface area (Å²) in [6, 6.07) is 3.86. The van der Waals surface area contributed by atoms with Crippen LogP contribution in [0.15, 0.2) is 12.1 Å². The van der Waals surface area contributed by atoms with Gasteiger partial charge in [0.05, 0.1) is 26.9 Å². The molecule has 1 atom stereocenters. The summed E-state index contributed by atoms with van der Waals surface area (Å²) < 4.78 is 15.6. The van der Waals surface area contributed by atoms with Gasteiger partial charge in [-0.25, -0.2) is 0 Å². The van der Waals surface area contributed by atoms with Crippen LogP contribution in [-0.2, 0) is 9.47 Å². The fourth-order valence-electron chi connectivity index (χ4n) is 1.77. The van der Waals surface area contributed by atoms with E-state index in [0.29, 0.717) is 13.2 Å². The van der Waals surface area contributed by atoms with E-state index >= 15 is 0 Å². The fourth-order valence-corrected chi connectivity index (χ4v) is 1.77. The Hall–Kier alpha value is -1.10. The van der Waals surface area contributed by atoms with Crippen LogP contribution in [0.2, 0.25) is 0 Å². The molecule has 1 aromatic carbocycles. The lowest BCUT2D eigenvalue weighted by Crippen LogP contribution is -2.12. The van der Waals surface area contributed by atoms with Gasteiger partial charge in [0.2, 0.25) is 0 Å². The van der Waals surface area contributed by atoms with Crippen LogP contribution < -0.4 is 4.74 Å². The summed E-state index contributed by atoms with van der Waals surface area (Å²) in [6.07, 6.45) is -0.684. The van der Waals surface area contributed by atoms with Crippen LogP contribution in [0.25, 0.3) is 0 Å². The second-order valence-corrected chi connectivity index (χ2v) is 4.21. The number of hydrogen-bond donors (Lipinski definition) is 1. The van der Waals surface area contributed by atoms with Gasteiger partial charge in [-0.05, 0) is 25.0 Å². The van der Waals surface area contributed by atoms with E-state index in [1.54, 1.807) is 14.2 Å². The van der Waals surface area contributed by atoms with Gasteiger partial charge in [0.15, 0.2) is 0 Å². The van der Waals surface area contributed by atoms with Crippen molar-refractivity contribution in [1.82, 2.24) is 0 Å². The van der Waals surface area contributed by atoms with E-state index in [1.807, 2.05) is 26.0 Å². The maximum absolute atomic E-state index is 10.1. The van der Waals surface area contributed by atoms with Gasteiger partial charge in [-0.2, -0.15) is 0 Å². The average molecular weight is 254 g/mol. The van der Waals surface area contributed by atoms with Crippen molar-refractivity contribution in [3.63, 3.8) is 0 Å². The number of aliphatic hydroxyl groups excluding tert-OH is 1. The highest BCUT2D eigenvalue weighted by Gasteiger charge is 2.16. The summed E-state index contributed by atoms with van der Waals surface area (Å²) in [5.74, 6) is 0.734. The smallest absolute Gasteiger partial charge is 0.127 e. The van der Waals surface area contributed by atoms with Crippen molar-refractivity contribution in [3.8, 4) is 5.75 Å². The van der Waals surface area contributed by atoms with Crippen LogP contribution in [0.3, 0.4) is 0 Å². The van der Waals surface area contributed by atoms with Gasteiger partial charge in [-0.1, -0.05) is 12.1 Å². The van der Waals surface area contributed by atoms with Crippen LogP contribution in [0.5, 0.6) is 5.75 Å². The Kier molecular flexibility index (Phi) is 6.12. The van der Waals surface area contributed by atoms with Gasteiger partial charge < -0.3 is 19.3 Å². The van der Waals surface area contributed by atoms with Crippen LogP contribution >= 0.6 is 0 Å². The minimum absolute atomic E-state index is 0.238. The summed E-state index contributed by atoms with van der Waals surface area (Å²) in [6.45, 7) is 5.24. The van der Waals surface area contributed by atoms with Crippen LogP contribution in [0.1, 0.15) is 22.8 Å². The first-order valence-electron chi connectivity index (χ1n) is 6.00. The summed E-state index contributed by atoms with van der Waals surface area (Å²) in [4.78, 5) is 0. The molecule has 0 aliphatic carbocycles. The Balaban J connectivity index is 2.73. The third-order valence-corrected chi connectivity index (χ3v) is 2.98. The Bertz CT molecular complexity index is 376. The zero-order valence-corrected chi connectivity index (χ0v) is 11.5. The SMILES string of the molecule is COCCOCC(O)c1ccc(C)c(C)c1OC. The van der Waals surface area contributed by atoms with E-state index in [4.69, 9.17) is 14.2 Å². The number of hydrogen-bond acceptors (Lipinski definition) is 4. The van der Waals surface area contributed by atoms with Gasteiger partial charge in [-0.15, -0.1) is 0 Å². The van der Waals surface area contributed by atoms with E-state index in [2.05, 4.69) is 0 Å². The lowest BCUT2D eigenvalue weighted by Gasteiger charge is -2.18. The molecule has 1 unspecified atom stereocenters. The van der Waals surface area contributed by atoms with E-state index in [9.17, 15) is 5.11 Å². The number of benzene rings is 1. The molecule has 0 saturated carbocycles. The summed E-state index contributed by atoms with van der Waals surface area (Å²) in [7, 11) is 3.23. The Morgan fingerprint density at radius 1 is 1.17 bits per heavy atom. The van der Waals surface area contributed by atoms with Crippen molar-refractivity contribution in [2.75, 3.05) is 34.0 Å². The van der Waals surface area contributed by atoms with Crippen molar-refractivity contribution >= 4 is 0 Å². The highest BCUT2D eigenvalue weighted by molar-refractivity contribution is 5.46. The predicted octanol–water partition coefficient (Wildman–Crippen LogP) is 2.01. The van der Waals surface area contributed by atoms with E-state index < -0.39 is 6.10 Å². The number of rotatable bonds is 7. The maximum Gasteiger partial charge on any atom is 0.127 e. The van der Waals surface area contributed by atoms with E-state index in [0.717, 1.165) is 22.4 Å². The first kappa shape index (κ1) is 15.0. The van der Waals surface area contributed by atoms with Crippen molar-refractivity contribution in [2.45, 2.75) is 20.0 Å². The molecular weight excluding hydrogens is 232 g/mol. The number of aliphatic hydroxyl groups is 1. The molecule has 0 fully saturated rings. The molecule has 0 radical (unpaired) electrons. The fraction of sp³-hybridized carbons (Fsp3) is 0.571. The van der Waals surface area contributed by atoms with Gasteiger partial charge in [0.1, 0.15) is 11.9 Å². The number of ether oxygens (including phenoxy) is 3. The molecule has 0 spiro atoms. The molecule has 0 heterocycles. The molecule has 0 aliphatic rings. The van der Waals surface area contributed by atoms with Crippen molar-refractivity contribution in [2.24, 2.45) is 0 Å². The topological polar surface area (TPSA) is 47.9 Å². The van der Waals surface area contributed by atoms with Crippen molar-refractivity contribution in [1.29, 1.82) is 0 Å². The van der Waals surface area contributed by atoms with Gasteiger partial charge in [0, 0.05) is 12.7 Å². The zero-order valence-electron chi connectivity index (χ0n) is 11.5. The van der Waals surface area contributed by atoms with Crippen molar-refractivity contribution in [3.05, 3.63) is 28.8 Å². The molecule has 0 amide bonds. The van der Waals surface area contributed by atoms with Crippen LogP contribution in [0, 0.1) is 13.8 Å². The lowest BCUT2D eigenvalue weighted by atomic mass is 10.0. The Morgan fingerprint density at radius 2 is 1.89 bits per heavy atom. The lowest BCUT2D eigenvalue weighted by molar-refractivity contribution is 0.0118. The highest BCUT2D eigenvalue weighted by Crippen LogP contribution is 2.30. The average Bonchev–Trinajstić information content (AvgIpc) is 2.37. The molecule has 0 bridgehead atoms. The van der Waals surface area contributed by atoms with E-state index in [1.165, 1.54) is 0 Å². The third kappa shape index (κ3) is 3.70. The molecule has 0 saturated heterocycles. The second kappa shape index (κ2) is 7.36. The van der Waals surface area contributed by atoms with Crippen molar-refractivity contribution < 1.29 is 19.3 Å². The number of aryl methyl sites for hydroxylation is 1. The molecule has 4 heteroatoms. The Labute approximate surface area is 108 Å². The molecule has 0 aromatic heterocycles. The standard InChI is InChI=1S/C14H22O4/c1-10-5-6-12(14(17-4)11(10)2)13(15)9-18-8-7-16-3/h5-6,13,15H,7-9H2,1-4H3. The predicted molar refractivity (Wildman–Crippen MR) is 70.1 cm³/mol. The van der Waals surface area contributed by atoms with Gasteiger partial charge >= 0.3 is 0 Å². The van der Waals surface area contributed by atoms with Crippen LogP contribution in [0.4, 0.5) is 0 Å². The molecule has 4 nitrogen and oxygen atoms in total. The second-order valence-electron chi connectivity index (χ2n) is 4.21. The minimum Gasteiger partial charge on any atom is -0.496 e. The van der Waals surface area contributed by atoms with Gasteiger partial charge in [-0.3, -0.25) is 0 Å². The first-order chi connectivity index (χ1) is 8.61. The summed E-state index contributed by atoms with van der Waals surface area (Å²) in [5, 5.41) is 10.1. The molecule has 102 valence electrons. The molecule has 1 N–H and O–H groups in total. The quantitative estimate of drug-likeness (QED) is 0.756. The molecule has 1 aromatic rings. The van der Waals surface area contributed by atoms with Gasteiger partial charge in [0.25, 0.3) is 0 Å². The summed E-state index contributed by atoms with van der Waals surface area (Å²) >= 11 is 0. The monoisotopic (exact) mass is 254 g/mol. The first-order valence-corrected chi connectivity index (χ1v) is 6.00. The largest absolute Gasteiger partial charge is 0.496 e. The molecular formula is C14H22O4. The molecule has 18 heavy (non-hydrogen) atoms. The minimum atomic E-state index is -0.684. The number of methoxy groups -OCH3 is 2. The zero-order chi connectivity index (χ0) is 13.5. The third-order valence-electron chi connectivity index (χ3n) is 2.98. The van der Waals surface area contributed by atoms with E-state index in [-0.39, 0.29) is 6.61 Å². The Morgan fingerprint density at radius 3 is 2.50 bits per heavy atom. The molecule has 1 rings (SSSR count). The molecule has 0 aliphatic heterocycles. The maximum atomic E-state index is 10.1. The summed E-state index contributed by atoms with van der Waals surface area (Å²) in [5.41, 5.74) is 2.95. The van der Waals surface area contributed by atoms with Crippen LogP contribution in [-0.4, -0.2) is 39.1 Å².